The Bertz CT molecular complexity index is 288. The van der Waals surface area contributed by atoms with E-state index in [1.807, 2.05) is 0 Å². The van der Waals surface area contributed by atoms with Crippen LogP contribution in [-0.4, -0.2) is 42.5 Å². The van der Waals surface area contributed by atoms with Gasteiger partial charge in [-0.25, -0.2) is 0 Å². The second-order valence-corrected chi connectivity index (χ2v) is 6.35. The number of hydrogen-bond donors (Lipinski definition) is 0. The fourth-order valence-electron chi connectivity index (χ4n) is 3.00. The quantitative estimate of drug-likeness (QED) is 0.739. The van der Waals surface area contributed by atoms with Gasteiger partial charge in [0.25, 0.3) is 0 Å². The zero-order chi connectivity index (χ0) is 12.5. The zero-order valence-corrected chi connectivity index (χ0v) is 11.4. The first-order chi connectivity index (χ1) is 7.99. The van der Waals surface area contributed by atoms with Gasteiger partial charge >= 0.3 is 0 Å². The third-order valence-electron chi connectivity index (χ3n) is 4.28. The molecule has 0 aromatic rings. The fourth-order valence-corrected chi connectivity index (χ4v) is 3.00. The molecule has 2 unspecified atom stereocenters. The number of rotatable bonds is 2. The SMILES string of the molecule is CC1CCC(=O)C(CN2CCOCC2(C)C)C1. The van der Waals surface area contributed by atoms with Gasteiger partial charge in [0.2, 0.25) is 0 Å². The molecular weight excluding hydrogens is 214 g/mol. The lowest BCUT2D eigenvalue weighted by atomic mass is 9.80. The molecule has 0 bridgehead atoms. The third-order valence-corrected chi connectivity index (χ3v) is 4.28. The van der Waals surface area contributed by atoms with E-state index >= 15 is 0 Å². The van der Waals surface area contributed by atoms with E-state index in [1.165, 1.54) is 0 Å². The number of carbonyl (C=O) groups is 1. The lowest BCUT2D eigenvalue weighted by molar-refractivity contribution is -0.128. The van der Waals surface area contributed by atoms with Crippen LogP contribution in [0.5, 0.6) is 0 Å². The van der Waals surface area contributed by atoms with Crippen LogP contribution in [0.15, 0.2) is 0 Å². The summed E-state index contributed by atoms with van der Waals surface area (Å²) in [7, 11) is 0. The van der Waals surface area contributed by atoms with Gasteiger partial charge in [0.15, 0.2) is 0 Å². The molecule has 3 heteroatoms. The molecule has 98 valence electrons. The average molecular weight is 239 g/mol. The molecule has 3 nitrogen and oxygen atoms in total. The van der Waals surface area contributed by atoms with Crippen molar-refractivity contribution in [3.8, 4) is 0 Å². The van der Waals surface area contributed by atoms with E-state index in [9.17, 15) is 4.79 Å². The van der Waals surface area contributed by atoms with Crippen molar-refractivity contribution in [3.05, 3.63) is 0 Å². The Morgan fingerprint density at radius 2 is 2.24 bits per heavy atom. The molecule has 1 aliphatic carbocycles. The second-order valence-electron chi connectivity index (χ2n) is 6.35. The highest BCUT2D eigenvalue weighted by Gasteiger charge is 2.35. The van der Waals surface area contributed by atoms with Gasteiger partial charge in [0.05, 0.1) is 13.2 Å². The number of ketones is 1. The van der Waals surface area contributed by atoms with Crippen LogP contribution in [0.1, 0.15) is 40.0 Å². The Balaban J connectivity index is 1.96. The summed E-state index contributed by atoms with van der Waals surface area (Å²) in [6.45, 7) is 10.2. The first-order valence-electron chi connectivity index (χ1n) is 6.84. The van der Waals surface area contributed by atoms with E-state index in [4.69, 9.17) is 4.74 Å². The molecule has 0 amide bonds. The normalized spacial score (nSPS) is 34.9. The van der Waals surface area contributed by atoms with Crippen molar-refractivity contribution in [2.24, 2.45) is 11.8 Å². The number of carbonyl (C=O) groups excluding carboxylic acids is 1. The summed E-state index contributed by atoms with van der Waals surface area (Å²) in [5.41, 5.74) is 0.0826. The Labute approximate surface area is 105 Å². The number of Topliss-reactive ketones (excluding diaryl/α,β-unsaturated/α-hetero) is 1. The molecule has 1 saturated heterocycles. The molecule has 2 aliphatic rings. The van der Waals surface area contributed by atoms with Crippen LogP contribution in [0.4, 0.5) is 0 Å². The van der Waals surface area contributed by atoms with Gasteiger partial charge in [-0.3, -0.25) is 9.69 Å². The first-order valence-corrected chi connectivity index (χ1v) is 6.84. The molecule has 17 heavy (non-hydrogen) atoms. The van der Waals surface area contributed by atoms with Crippen molar-refractivity contribution < 1.29 is 9.53 Å². The van der Waals surface area contributed by atoms with Gasteiger partial charge in [-0.05, 0) is 32.6 Å². The van der Waals surface area contributed by atoms with Gasteiger partial charge in [-0.15, -0.1) is 0 Å². The number of ether oxygens (including phenoxy) is 1. The highest BCUT2D eigenvalue weighted by atomic mass is 16.5. The lowest BCUT2D eigenvalue weighted by Crippen LogP contribution is -2.55. The van der Waals surface area contributed by atoms with Crippen molar-refractivity contribution in [2.75, 3.05) is 26.3 Å². The van der Waals surface area contributed by atoms with Gasteiger partial charge in [0.1, 0.15) is 5.78 Å². The highest BCUT2D eigenvalue weighted by Crippen LogP contribution is 2.29. The van der Waals surface area contributed by atoms with Crippen molar-refractivity contribution in [2.45, 2.75) is 45.6 Å². The minimum Gasteiger partial charge on any atom is -0.378 e. The van der Waals surface area contributed by atoms with Gasteiger partial charge < -0.3 is 4.74 Å². The lowest BCUT2D eigenvalue weighted by Gasteiger charge is -2.44. The molecule has 0 N–H and O–H groups in total. The molecular formula is C14H25NO2. The standard InChI is InChI=1S/C14H25NO2/c1-11-4-5-13(16)12(8-11)9-15-6-7-17-10-14(15,2)3/h11-12H,4-10H2,1-3H3. The predicted octanol–water partition coefficient (Wildman–Crippen LogP) is 2.10. The number of nitrogens with zero attached hydrogens (tertiary/aromatic N) is 1. The van der Waals surface area contributed by atoms with E-state index in [2.05, 4.69) is 25.7 Å². The Morgan fingerprint density at radius 3 is 2.94 bits per heavy atom. The molecule has 1 saturated carbocycles. The highest BCUT2D eigenvalue weighted by molar-refractivity contribution is 5.81. The van der Waals surface area contributed by atoms with E-state index in [1.54, 1.807) is 0 Å². The Kier molecular flexibility index (Phi) is 3.88. The maximum Gasteiger partial charge on any atom is 0.137 e. The molecule has 2 atom stereocenters. The van der Waals surface area contributed by atoms with Crippen LogP contribution < -0.4 is 0 Å². The van der Waals surface area contributed by atoms with Crippen LogP contribution in [0, 0.1) is 11.8 Å². The van der Waals surface area contributed by atoms with Crippen molar-refractivity contribution in [1.29, 1.82) is 0 Å². The largest absolute Gasteiger partial charge is 0.378 e. The van der Waals surface area contributed by atoms with Crippen LogP contribution >= 0.6 is 0 Å². The van der Waals surface area contributed by atoms with Crippen molar-refractivity contribution in [1.82, 2.24) is 4.90 Å². The molecule has 0 spiro atoms. The maximum atomic E-state index is 12.0. The van der Waals surface area contributed by atoms with Gasteiger partial charge in [-0.1, -0.05) is 6.92 Å². The summed E-state index contributed by atoms with van der Waals surface area (Å²) >= 11 is 0. The summed E-state index contributed by atoms with van der Waals surface area (Å²) in [5.74, 6) is 1.45. The smallest absolute Gasteiger partial charge is 0.137 e. The molecule has 0 aromatic carbocycles. The summed E-state index contributed by atoms with van der Waals surface area (Å²) in [6.07, 6.45) is 2.95. The van der Waals surface area contributed by atoms with E-state index in [0.717, 1.165) is 45.6 Å². The van der Waals surface area contributed by atoms with Crippen LogP contribution in [0.3, 0.4) is 0 Å². The number of hydrogen-bond acceptors (Lipinski definition) is 3. The summed E-state index contributed by atoms with van der Waals surface area (Å²) in [5, 5.41) is 0. The summed E-state index contributed by atoms with van der Waals surface area (Å²) in [4.78, 5) is 14.4. The predicted molar refractivity (Wildman–Crippen MR) is 68.0 cm³/mol. The topological polar surface area (TPSA) is 29.5 Å². The van der Waals surface area contributed by atoms with E-state index < -0.39 is 0 Å². The minimum atomic E-state index is 0.0826. The average Bonchev–Trinajstić information content (AvgIpc) is 2.26. The van der Waals surface area contributed by atoms with Crippen LogP contribution in [-0.2, 0) is 9.53 Å². The number of morpholine rings is 1. The van der Waals surface area contributed by atoms with Gasteiger partial charge in [-0.2, -0.15) is 0 Å². The van der Waals surface area contributed by atoms with Crippen molar-refractivity contribution >= 4 is 5.78 Å². The Hall–Kier alpha value is -0.410. The molecule has 0 radical (unpaired) electrons. The molecule has 1 aliphatic heterocycles. The maximum absolute atomic E-state index is 12.0. The summed E-state index contributed by atoms with van der Waals surface area (Å²) in [6, 6.07) is 0. The monoisotopic (exact) mass is 239 g/mol. The van der Waals surface area contributed by atoms with E-state index in [-0.39, 0.29) is 11.5 Å². The minimum absolute atomic E-state index is 0.0826. The van der Waals surface area contributed by atoms with Gasteiger partial charge in [0, 0.05) is 31.0 Å². The Morgan fingerprint density at radius 1 is 1.47 bits per heavy atom. The fraction of sp³-hybridized carbons (Fsp3) is 0.929. The van der Waals surface area contributed by atoms with Crippen LogP contribution in [0.2, 0.25) is 0 Å². The van der Waals surface area contributed by atoms with Crippen molar-refractivity contribution in [3.63, 3.8) is 0 Å². The molecule has 1 heterocycles. The summed E-state index contributed by atoms with van der Waals surface area (Å²) < 4.78 is 5.53. The second kappa shape index (κ2) is 5.07. The molecule has 2 rings (SSSR count). The zero-order valence-electron chi connectivity index (χ0n) is 11.4. The third kappa shape index (κ3) is 3.08. The first kappa shape index (κ1) is 13.0. The van der Waals surface area contributed by atoms with E-state index in [0.29, 0.717) is 11.7 Å². The van der Waals surface area contributed by atoms with Crippen LogP contribution in [0.25, 0.3) is 0 Å². The molecule has 2 fully saturated rings. The molecule has 0 aromatic heterocycles.